The van der Waals surface area contributed by atoms with Crippen molar-refractivity contribution >= 4 is 0 Å². The molecular weight excluding hydrogens is 340 g/mol. The lowest BCUT2D eigenvalue weighted by Crippen LogP contribution is -2.43. The van der Waals surface area contributed by atoms with Gasteiger partial charge in [-0.1, -0.05) is 18.2 Å². The standard InChI is InChI=1S/C20H23F2NO3/c1-14-3-2-4-17(9-14)26-13-16(24)11-23-7-8-25-20(12-23)15-5-6-18(21)19(22)10-15/h2-6,9-10,16,20,24H,7-8,11-13H2,1H3. The van der Waals surface area contributed by atoms with Gasteiger partial charge in [-0.3, -0.25) is 4.90 Å². The Kier molecular flexibility index (Phi) is 6.19. The first-order valence-electron chi connectivity index (χ1n) is 8.67. The van der Waals surface area contributed by atoms with Gasteiger partial charge in [-0.05, 0) is 42.3 Å². The molecule has 6 heteroatoms. The number of β-amino-alcohol motifs (C(OH)–C–C–N with tert-alkyl or cyclic N) is 1. The summed E-state index contributed by atoms with van der Waals surface area (Å²) in [6, 6.07) is 11.5. The van der Waals surface area contributed by atoms with Crippen molar-refractivity contribution in [2.45, 2.75) is 19.1 Å². The van der Waals surface area contributed by atoms with E-state index in [1.165, 1.54) is 12.1 Å². The van der Waals surface area contributed by atoms with Gasteiger partial charge in [0, 0.05) is 19.6 Å². The second kappa shape index (κ2) is 8.58. The molecule has 1 aliphatic rings. The van der Waals surface area contributed by atoms with Gasteiger partial charge < -0.3 is 14.6 Å². The lowest BCUT2D eigenvalue weighted by molar-refractivity contribution is -0.0460. The minimum absolute atomic E-state index is 0.191. The van der Waals surface area contributed by atoms with Gasteiger partial charge in [-0.2, -0.15) is 0 Å². The predicted octanol–water partition coefficient (Wildman–Crippen LogP) is 3.09. The van der Waals surface area contributed by atoms with E-state index in [9.17, 15) is 13.9 Å². The number of ether oxygens (including phenoxy) is 2. The number of halogens is 2. The van der Waals surface area contributed by atoms with Crippen LogP contribution in [0.3, 0.4) is 0 Å². The molecule has 1 N–H and O–H groups in total. The molecule has 0 amide bonds. The summed E-state index contributed by atoms with van der Waals surface area (Å²) in [5.41, 5.74) is 1.69. The Hall–Kier alpha value is -2.02. The average Bonchev–Trinajstić information content (AvgIpc) is 2.63. The topological polar surface area (TPSA) is 41.9 Å². The van der Waals surface area contributed by atoms with Crippen molar-refractivity contribution in [1.82, 2.24) is 4.90 Å². The molecule has 0 aromatic heterocycles. The molecule has 2 aromatic carbocycles. The van der Waals surface area contributed by atoms with Crippen molar-refractivity contribution in [2.24, 2.45) is 0 Å². The molecule has 1 aliphatic heterocycles. The molecule has 26 heavy (non-hydrogen) atoms. The van der Waals surface area contributed by atoms with Crippen LogP contribution in [0.15, 0.2) is 42.5 Å². The first-order chi connectivity index (χ1) is 12.5. The van der Waals surface area contributed by atoms with Crippen LogP contribution in [0.2, 0.25) is 0 Å². The summed E-state index contributed by atoms with van der Waals surface area (Å²) in [6.45, 7) is 4.24. The van der Waals surface area contributed by atoms with Gasteiger partial charge in [0.15, 0.2) is 11.6 Å². The summed E-state index contributed by atoms with van der Waals surface area (Å²) in [5.74, 6) is -1.02. The lowest BCUT2D eigenvalue weighted by atomic mass is 10.1. The summed E-state index contributed by atoms with van der Waals surface area (Å²) < 4.78 is 37.8. The van der Waals surface area contributed by atoms with Crippen LogP contribution in [0, 0.1) is 18.6 Å². The van der Waals surface area contributed by atoms with Crippen molar-refractivity contribution < 1.29 is 23.4 Å². The number of aliphatic hydroxyl groups excluding tert-OH is 1. The molecular formula is C20H23F2NO3. The minimum atomic E-state index is -0.880. The van der Waals surface area contributed by atoms with E-state index >= 15 is 0 Å². The van der Waals surface area contributed by atoms with Crippen LogP contribution in [0.1, 0.15) is 17.2 Å². The fourth-order valence-corrected chi connectivity index (χ4v) is 3.03. The fraction of sp³-hybridized carbons (Fsp3) is 0.400. The molecule has 1 heterocycles. The quantitative estimate of drug-likeness (QED) is 0.857. The monoisotopic (exact) mass is 363 g/mol. The highest BCUT2D eigenvalue weighted by Crippen LogP contribution is 2.24. The van der Waals surface area contributed by atoms with Crippen LogP contribution in [0.4, 0.5) is 8.78 Å². The molecule has 2 unspecified atom stereocenters. The Morgan fingerprint density at radius 3 is 2.85 bits per heavy atom. The number of hydrogen-bond acceptors (Lipinski definition) is 4. The highest BCUT2D eigenvalue weighted by Gasteiger charge is 2.24. The van der Waals surface area contributed by atoms with Crippen molar-refractivity contribution in [3.05, 3.63) is 65.2 Å². The summed E-state index contributed by atoms with van der Waals surface area (Å²) in [6.07, 6.45) is -0.997. The summed E-state index contributed by atoms with van der Waals surface area (Å²) in [5, 5.41) is 10.3. The number of benzene rings is 2. The van der Waals surface area contributed by atoms with E-state index in [0.29, 0.717) is 31.8 Å². The van der Waals surface area contributed by atoms with Crippen LogP contribution in [0.25, 0.3) is 0 Å². The van der Waals surface area contributed by atoms with Crippen molar-refractivity contribution in [1.29, 1.82) is 0 Å². The fourth-order valence-electron chi connectivity index (χ4n) is 3.03. The predicted molar refractivity (Wildman–Crippen MR) is 94.2 cm³/mol. The zero-order valence-corrected chi connectivity index (χ0v) is 14.7. The Morgan fingerprint density at radius 1 is 1.23 bits per heavy atom. The minimum Gasteiger partial charge on any atom is -0.491 e. The average molecular weight is 363 g/mol. The molecule has 0 saturated carbocycles. The lowest BCUT2D eigenvalue weighted by Gasteiger charge is -2.34. The van der Waals surface area contributed by atoms with Gasteiger partial charge in [0.1, 0.15) is 18.5 Å². The Labute approximate surface area is 152 Å². The van der Waals surface area contributed by atoms with Gasteiger partial charge >= 0.3 is 0 Å². The molecule has 3 rings (SSSR count). The molecule has 2 atom stereocenters. The van der Waals surface area contributed by atoms with E-state index in [1.54, 1.807) is 0 Å². The molecule has 140 valence electrons. The van der Waals surface area contributed by atoms with Crippen LogP contribution < -0.4 is 4.74 Å². The highest BCUT2D eigenvalue weighted by molar-refractivity contribution is 5.27. The molecule has 4 nitrogen and oxygen atoms in total. The number of hydrogen-bond donors (Lipinski definition) is 1. The number of aliphatic hydroxyl groups is 1. The summed E-state index contributed by atoms with van der Waals surface area (Å²) >= 11 is 0. The normalized spacial score (nSPS) is 19.3. The number of aryl methyl sites for hydroxylation is 1. The zero-order valence-electron chi connectivity index (χ0n) is 14.7. The van der Waals surface area contributed by atoms with Crippen molar-refractivity contribution in [2.75, 3.05) is 32.8 Å². The van der Waals surface area contributed by atoms with Crippen LogP contribution in [0.5, 0.6) is 5.75 Å². The molecule has 0 bridgehead atoms. The molecule has 0 aliphatic carbocycles. The van der Waals surface area contributed by atoms with Crippen LogP contribution >= 0.6 is 0 Å². The smallest absolute Gasteiger partial charge is 0.159 e. The van der Waals surface area contributed by atoms with Crippen molar-refractivity contribution in [3.8, 4) is 5.75 Å². The molecule has 0 radical (unpaired) electrons. The Bertz CT molecular complexity index is 741. The summed E-state index contributed by atoms with van der Waals surface area (Å²) in [4.78, 5) is 2.04. The van der Waals surface area contributed by atoms with Gasteiger partial charge in [0.05, 0.1) is 12.7 Å². The van der Waals surface area contributed by atoms with Gasteiger partial charge in [-0.15, -0.1) is 0 Å². The Morgan fingerprint density at radius 2 is 2.08 bits per heavy atom. The summed E-state index contributed by atoms with van der Waals surface area (Å²) in [7, 11) is 0. The van der Waals surface area contributed by atoms with E-state index in [4.69, 9.17) is 9.47 Å². The maximum absolute atomic E-state index is 13.4. The Balaban J connectivity index is 1.51. The van der Waals surface area contributed by atoms with Crippen LogP contribution in [-0.2, 0) is 4.74 Å². The molecule has 0 spiro atoms. The van der Waals surface area contributed by atoms with Gasteiger partial charge in [-0.25, -0.2) is 8.78 Å². The third-order valence-electron chi connectivity index (χ3n) is 4.37. The molecule has 1 fully saturated rings. The number of nitrogens with zero attached hydrogens (tertiary/aromatic N) is 1. The first-order valence-corrected chi connectivity index (χ1v) is 8.67. The SMILES string of the molecule is Cc1cccc(OCC(O)CN2CCOC(c3ccc(F)c(F)c3)C2)c1. The third kappa shape index (κ3) is 5.00. The van der Waals surface area contributed by atoms with Gasteiger partial charge in [0.25, 0.3) is 0 Å². The van der Waals surface area contributed by atoms with E-state index < -0.39 is 17.7 Å². The van der Waals surface area contributed by atoms with Crippen LogP contribution in [-0.4, -0.2) is 49.0 Å². The van der Waals surface area contributed by atoms with E-state index in [1.807, 2.05) is 36.1 Å². The second-order valence-electron chi connectivity index (χ2n) is 6.57. The zero-order chi connectivity index (χ0) is 18.5. The molecule has 1 saturated heterocycles. The van der Waals surface area contributed by atoms with Crippen molar-refractivity contribution in [3.63, 3.8) is 0 Å². The van der Waals surface area contributed by atoms with E-state index in [2.05, 4.69) is 0 Å². The van der Waals surface area contributed by atoms with E-state index in [0.717, 1.165) is 17.4 Å². The maximum Gasteiger partial charge on any atom is 0.159 e. The second-order valence-corrected chi connectivity index (χ2v) is 6.57. The number of rotatable bonds is 6. The maximum atomic E-state index is 13.4. The number of morpholine rings is 1. The van der Waals surface area contributed by atoms with E-state index in [-0.39, 0.29) is 12.7 Å². The van der Waals surface area contributed by atoms with Gasteiger partial charge in [0.2, 0.25) is 0 Å². The first kappa shape index (κ1) is 18.8. The highest BCUT2D eigenvalue weighted by atomic mass is 19.2. The molecule has 2 aromatic rings. The third-order valence-corrected chi connectivity index (χ3v) is 4.37. The largest absolute Gasteiger partial charge is 0.491 e.